The van der Waals surface area contributed by atoms with Crippen LogP contribution in [0, 0.1) is 5.82 Å². The quantitative estimate of drug-likeness (QED) is 0.398. The van der Waals surface area contributed by atoms with Gasteiger partial charge in [-0.3, -0.25) is 9.36 Å². The Labute approximate surface area is 188 Å². The molecule has 156 valence electrons. The van der Waals surface area contributed by atoms with Gasteiger partial charge in [0.15, 0.2) is 5.16 Å². The maximum Gasteiger partial charge on any atom is 0.231 e. The van der Waals surface area contributed by atoms with Crippen LogP contribution < -0.4 is 5.32 Å². The SMILES string of the molecule is O=C(CSc1nncn1-c1ccccc1F)N[C@H](c1ccccc1)c1ccc(Cl)cc1. The Bertz CT molecular complexity index is 1170. The van der Waals surface area contributed by atoms with Gasteiger partial charge in [-0.25, -0.2) is 4.39 Å². The molecule has 1 heterocycles. The highest BCUT2D eigenvalue weighted by Crippen LogP contribution is 2.25. The van der Waals surface area contributed by atoms with E-state index in [0.29, 0.717) is 15.9 Å². The molecule has 1 N–H and O–H groups in total. The number of hydrogen-bond donors (Lipinski definition) is 1. The molecule has 0 unspecified atom stereocenters. The van der Waals surface area contributed by atoms with Gasteiger partial charge in [0.1, 0.15) is 12.1 Å². The van der Waals surface area contributed by atoms with Crippen molar-refractivity contribution in [2.24, 2.45) is 0 Å². The van der Waals surface area contributed by atoms with E-state index in [9.17, 15) is 9.18 Å². The smallest absolute Gasteiger partial charge is 0.231 e. The number of carbonyl (C=O) groups excluding carboxylic acids is 1. The van der Waals surface area contributed by atoms with Crippen LogP contribution in [0.5, 0.6) is 0 Å². The average Bonchev–Trinajstić information content (AvgIpc) is 3.26. The zero-order chi connectivity index (χ0) is 21.6. The lowest BCUT2D eigenvalue weighted by atomic mass is 9.99. The first kappa shape index (κ1) is 21.1. The minimum atomic E-state index is -0.388. The average molecular weight is 453 g/mol. The van der Waals surface area contributed by atoms with E-state index in [1.807, 2.05) is 42.5 Å². The van der Waals surface area contributed by atoms with Crippen molar-refractivity contribution in [1.29, 1.82) is 0 Å². The van der Waals surface area contributed by atoms with Crippen molar-refractivity contribution in [1.82, 2.24) is 20.1 Å². The zero-order valence-electron chi connectivity index (χ0n) is 16.3. The zero-order valence-corrected chi connectivity index (χ0v) is 17.9. The van der Waals surface area contributed by atoms with Crippen LogP contribution in [0.4, 0.5) is 4.39 Å². The monoisotopic (exact) mass is 452 g/mol. The van der Waals surface area contributed by atoms with E-state index < -0.39 is 0 Å². The van der Waals surface area contributed by atoms with Crippen LogP contribution in [-0.2, 0) is 4.79 Å². The molecular formula is C23H18ClFN4OS. The van der Waals surface area contributed by atoms with Crippen molar-refractivity contribution in [3.8, 4) is 5.69 Å². The molecule has 0 radical (unpaired) electrons. The second-order valence-corrected chi connectivity index (χ2v) is 8.07. The predicted octanol–water partition coefficient (Wildman–Crippen LogP) is 5.06. The first-order chi connectivity index (χ1) is 15.1. The minimum Gasteiger partial charge on any atom is -0.344 e. The molecule has 8 heteroatoms. The molecule has 0 spiro atoms. The summed E-state index contributed by atoms with van der Waals surface area (Å²) in [7, 11) is 0. The summed E-state index contributed by atoms with van der Waals surface area (Å²) in [6.07, 6.45) is 1.43. The summed E-state index contributed by atoms with van der Waals surface area (Å²) >= 11 is 7.21. The molecule has 1 aromatic heterocycles. The predicted molar refractivity (Wildman–Crippen MR) is 120 cm³/mol. The lowest BCUT2D eigenvalue weighted by Gasteiger charge is -2.20. The number of hydrogen-bond acceptors (Lipinski definition) is 4. The minimum absolute atomic E-state index is 0.101. The largest absolute Gasteiger partial charge is 0.344 e. The number of benzene rings is 3. The van der Waals surface area contributed by atoms with Crippen molar-refractivity contribution >= 4 is 29.3 Å². The van der Waals surface area contributed by atoms with Gasteiger partial charge in [-0.1, -0.05) is 78.0 Å². The molecule has 4 aromatic rings. The number of para-hydroxylation sites is 1. The molecule has 0 saturated heterocycles. The molecule has 0 bridgehead atoms. The van der Waals surface area contributed by atoms with Gasteiger partial charge in [0.2, 0.25) is 5.91 Å². The van der Waals surface area contributed by atoms with Crippen LogP contribution in [0.15, 0.2) is 90.3 Å². The third kappa shape index (κ3) is 5.13. The Kier molecular flexibility index (Phi) is 6.64. The molecule has 0 fully saturated rings. The van der Waals surface area contributed by atoms with Crippen molar-refractivity contribution in [3.05, 3.63) is 107 Å². The molecule has 4 rings (SSSR count). The molecule has 1 amide bonds. The third-order valence-corrected chi connectivity index (χ3v) is 5.80. The molecule has 1 atom stereocenters. The molecule has 3 aromatic carbocycles. The van der Waals surface area contributed by atoms with Crippen LogP contribution in [0.1, 0.15) is 17.2 Å². The summed E-state index contributed by atoms with van der Waals surface area (Å²) in [6, 6.07) is 23.1. The van der Waals surface area contributed by atoms with Crippen molar-refractivity contribution < 1.29 is 9.18 Å². The standard InChI is InChI=1S/C23H18ClFN4OS/c24-18-12-10-17(11-13-18)22(16-6-2-1-3-7-16)27-21(30)14-31-23-28-26-15-29(23)20-9-5-4-8-19(20)25/h1-13,15,22H,14H2,(H,27,30)/t22-/m1/s1. The van der Waals surface area contributed by atoms with Crippen LogP contribution in [0.3, 0.4) is 0 Å². The van der Waals surface area contributed by atoms with Gasteiger partial charge < -0.3 is 5.32 Å². The van der Waals surface area contributed by atoms with Gasteiger partial charge >= 0.3 is 0 Å². The lowest BCUT2D eigenvalue weighted by molar-refractivity contribution is -0.119. The number of thioether (sulfide) groups is 1. The number of carbonyl (C=O) groups is 1. The van der Waals surface area contributed by atoms with Gasteiger partial charge in [0.05, 0.1) is 17.5 Å². The van der Waals surface area contributed by atoms with Crippen molar-refractivity contribution in [2.45, 2.75) is 11.2 Å². The molecule has 5 nitrogen and oxygen atoms in total. The molecule has 0 aliphatic heterocycles. The van der Waals surface area contributed by atoms with E-state index in [1.165, 1.54) is 28.7 Å². The van der Waals surface area contributed by atoms with Crippen LogP contribution in [0.25, 0.3) is 5.69 Å². The molecular weight excluding hydrogens is 435 g/mol. The highest BCUT2D eigenvalue weighted by atomic mass is 35.5. The number of nitrogens with zero attached hydrogens (tertiary/aromatic N) is 3. The summed E-state index contributed by atoms with van der Waals surface area (Å²) in [4.78, 5) is 12.8. The van der Waals surface area contributed by atoms with Crippen molar-refractivity contribution in [3.63, 3.8) is 0 Å². The fraction of sp³-hybridized carbons (Fsp3) is 0.0870. The van der Waals surface area contributed by atoms with Gasteiger partial charge in [0.25, 0.3) is 0 Å². The van der Waals surface area contributed by atoms with Gasteiger partial charge in [-0.2, -0.15) is 0 Å². The highest BCUT2D eigenvalue weighted by molar-refractivity contribution is 7.99. The van der Waals surface area contributed by atoms with E-state index in [-0.39, 0.29) is 23.5 Å². The summed E-state index contributed by atoms with van der Waals surface area (Å²) < 4.78 is 15.7. The maximum atomic E-state index is 14.1. The second-order valence-electron chi connectivity index (χ2n) is 6.69. The summed E-state index contributed by atoms with van der Waals surface area (Å²) in [5, 5.41) is 12.0. The number of amides is 1. The number of halogens is 2. The van der Waals surface area contributed by atoms with Gasteiger partial charge in [-0.15, -0.1) is 10.2 Å². The Balaban J connectivity index is 1.49. The Morgan fingerprint density at radius 3 is 2.42 bits per heavy atom. The molecule has 0 aliphatic rings. The first-order valence-corrected chi connectivity index (χ1v) is 10.9. The summed E-state index contributed by atoms with van der Waals surface area (Å²) in [6.45, 7) is 0. The maximum absolute atomic E-state index is 14.1. The van der Waals surface area contributed by atoms with Gasteiger partial charge in [-0.05, 0) is 35.4 Å². The first-order valence-electron chi connectivity index (χ1n) is 9.49. The fourth-order valence-corrected chi connectivity index (χ4v) is 3.99. The van der Waals surface area contributed by atoms with E-state index in [4.69, 9.17) is 11.6 Å². The van der Waals surface area contributed by atoms with E-state index in [2.05, 4.69) is 15.5 Å². The number of rotatable bonds is 7. The Hall–Kier alpha value is -3.16. The molecule has 31 heavy (non-hydrogen) atoms. The van der Waals surface area contributed by atoms with Crippen molar-refractivity contribution in [2.75, 3.05) is 5.75 Å². The van der Waals surface area contributed by atoms with E-state index in [0.717, 1.165) is 11.1 Å². The summed E-state index contributed by atoms with van der Waals surface area (Å²) in [5.41, 5.74) is 2.21. The van der Waals surface area contributed by atoms with Crippen LogP contribution in [0.2, 0.25) is 5.02 Å². The molecule has 0 aliphatic carbocycles. The highest BCUT2D eigenvalue weighted by Gasteiger charge is 2.18. The number of aromatic nitrogens is 3. The van der Waals surface area contributed by atoms with E-state index in [1.54, 1.807) is 30.3 Å². The second kappa shape index (κ2) is 9.76. The summed E-state index contributed by atoms with van der Waals surface area (Å²) in [5.74, 6) is -0.471. The lowest BCUT2D eigenvalue weighted by Crippen LogP contribution is -2.30. The van der Waals surface area contributed by atoms with Gasteiger partial charge in [0, 0.05) is 5.02 Å². The van der Waals surface area contributed by atoms with Crippen LogP contribution in [-0.4, -0.2) is 26.4 Å². The molecule has 0 saturated carbocycles. The van der Waals surface area contributed by atoms with Crippen LogP contribution >= 0.6 is 23.4 Å². The Morgan fingerprint density at radius 1 is 1.00 bits per heavy atom. The number of nitrogens with one attached hydrogen (secondary N) is 1. The normalized spacial score (nSPS) is 11.8. The van der Waals surface area contributed by atoms with E-state index >= 15 is 0 Å². The Morgan fingerprint density at radius 2 is 1.68 bits per heavy atom. The topological polar surface area (TPSA) is 59.8 Å². The third-order valence-electron chi connectivity index (χ3n) is 4.60. The fourth-order valence-electron chi connectivity index (χ4n) is 3.13.